The average Bonchev–Trinajstić information content (AvgIpc) is 3.61. The van der Waals surface area contributed by atoms with E-state index in [1.807, 2.05) is 0 Å². The van der Waals surface area contributed by atoms with Crippen LogP contribution >= 0.6 is 0 Å². The van der Waals surface area contributed by atoms with E-state index in [-0.39, 0.29) is 16.2 Å². The van der Waals surface area contributed by atoms with Gasteiger partial charge in [0.15, 0.2) is 5.78 Å². The second kappa shape index (κ2) is 16.6. The fraction of sp³-hybridized carbons (Fsp3) is 0.500. The highest BCUT2D eigenvalue weighted by molar-refractivity contribution is 7.89. The lowest BCUT2D eigenvalue weighted by Crippen LogP contribution is -2.33. The Kier molecular flexibility index (Phi) is 12.8. The lowest BCUT2D eigenvalue weighted by atomic mass is 9.94. The van der Waals surface area contributed by atoms with Crippen LogP contribution in [0.2, 0.25) is 0 Å². The van der Waals surface area contributed by atoms with E-state index in [1.165, 1.54) is 39.3 Å². The van der Waals surface area contributed by atoms with Crippen LogP contribution in [0.15, 0.2) is 70.5 Å². The normalized spacial score (nSPS) is 14.7. The highest BCUT2D eigenvalue weighted by atomic mass is 32.2. The number of alkyl halides is 3. The SMILES string of the molecule is CCCCCCOc1cc(-c2cccc(C(F)(F)F)c2)ccc1C(=O)C(CCCCCC)n1cc(S(=O)(=O)N2CCCC2)ccc1=O. The van der Waals surface area contributed by atoms with Gasteiger partial charge in [-0.25, -0.2) is 8.42 Å². The van der Waals surface area contributed by atoms with E-state index < -0.39 is 39.1 Å². The molecule has 1 atom stereocenters. The van der Waals surface area contributed by atoms with Gasteiger partial charge in [-0.1, -0.05) is 77.0 Å². The molecular formula is C36H45F3N2O5S. The smallest absolute Gasteiger partial charge is 0.416 e. The van der Waals surface area contributed by atoms with Crippen molar-refractivity contribution >= 4 is 15.8 Å². The van der Waals surface area contributed by atoms with E-state index in [1.54, 1.807) is 18.2 Å². The Hall–Kier alpha value is -3.44. The van der Waals surface area contributed by atoms with Crippen molar-refractivity contribution in [3.63, 3.8) is 0 Å². The maximum absolute atomic E-state index is 14.4. The van der Waals surface area contributed by atoms with Crippen LogP contribution in [0.4, 0.5) is 13.2 Å². The molecule has 256 valence electrons. The number of halogens is 3. The first-order valence-corrected chi connectivity index (χ1v) is 18.1. The first-order valence-electron chi connectivity index (χ1n) is 16.7. The zero-order valence-electron chi connectivity index (χ0n) is 27.2. The largest absolute Gasteiger partial charge is 0.493 e. The number of nitrogens with zero attached hydrogens (tertiary/aromatic N) is 2. The number of rotatable bonds is 17. The van der Waals surface area contributed by atoms with Gasteiger partial charge < -0.3 is 9.30 Å². The minimum Gasteiger partial charge on any atom is -0.493 e. The quantitative estimate of drug-likeness (QED) is 0.106. The van der Waals surface area contributed by atoms with Crippen LogP contribution in [-0.4, -0.2) is 42.8 Å². The molecule has 7 nitrogen and oxygen atoms in total. The molecule has 0 N–H and O–H groups in total. The van der Waals surface area contributed by atoms with Crippen molar-refractivity contribution in [2.24, 2.45) is 0 Å². The Morgan fingerprint density at radius 1 is 0.872 bits per heavy atom. The zero-order valence-corrected chi connectivity index (χ0v) is 28.0. The van der Waals surface area contributed by atoms with Crippen LogP contribution in [0.5, 0.6) is 5.75 Å². The van der Waals surface area contributed by atoms with Gasteiger partial charge in [-0.2, -0.15) is 17.5 Å². The van der Waals surface area contributed by atoms with Crippen molar-refractivity contribution in [2.75, 3.05) is 19.7 Å². The van der Waals surface area contributed by atoms with Gasteiger partial charge >= 0.3 is 6.18 Å². The molecule has 0 aliphatic carbocycles. The van der Waals surface area contributed by atoms with Gasteiger partial charge in [0.25, 0.3) is 5.56 Å². The minimum absolute atomic E-state index is 0.0438. The van der Waals surface area contributed by atoms with Crippen LogP contribution in [0.25, 0.3) is 11.1 Å². The van der Waals surface area contributed by atoms with E-state index in [9.17, 15) is 31.2 Å². The minimum atomic E-state index is -4.51. The van der Waals surface area contributed by atoms with E-state index >= 15 is 0 Å². The Bertz CT molecular complexity index is 1660. The number of sulfonamides is 1. The Labute approximate surface area is 275 Å². The molecule has 3 aromatic rings. The Balaban J connectivity index is 1.76. The van der Waals surface area contributed by atoms with Crippen molar-refractivity contribution in [2.45, 2.75) is 102 Å². The summed E-state index contributed by atoms with van der Waals surface area (Å²) in [5.74, 6) is -0.202. The van der Waals surface area contributed by atoms with E-state index in [0.29, 0.717) is 43.7 Å². The van der Waals surface area contributed by atoms with Crippen molar-refractivity contribution in [3.05, 3.63) is 82.3 Å². The fourth-order valence-corrected chi connectivity index (χ4v) is 7.43. The van der Waals surface area contributed by atoms with Gasteiger partial charge in [0.1, 0.15) is 5.75 Å². The maximum Gasteiger partial charge on any atom is 0.416 e. The first kappa shape index (κ1) is 36.4. The molecule has 0 saturated carbocycles. The molecule has 1 aliphatic heterocycles. The lowest BCUT2D eigenvalue weighted by Gasteiger charge is -2.23. The standard InChI is InChI=1S/C36H45F3N2O5S/c1-3-5-7-9-16-32(41-26-30(18-20-34(41)42)47(44,45)40-21-10-11-22-40)35(43)31-19-17-28(25-33(31)46-23-12-8-6-4-2)27-14-13-15-29(24-27)36(37,38)39/h13-15,17-20,24-26,32H,3-12,16,21-23H2,1-2H3. The van der Waals surface area contributed by atoms with Crippen molar-refractivity contribution in [3.8, 4) is 16.9 Å². The molecule has 11 heteroatoms. The number of aromatic nitrogens is 1. The highest BCUT2D eigenvalue weighted by Crippen LogP contribution is 2.35. The Morgan fingerprint density at radius 3 is 2.23 bits per heavy atom. The van der Waals surface area contributed by atoms with Gasteiger partial charge in [0, 0.05) is 25.4 Å². The molecule has 0 spiro atoms. The van der Waals surface area contributed by atoms with Gasteiger partial charge in [-0.05, 0) is 67.1 Å². The summed E-state index contributed by atoms with van der Waals surface area (Å²) in [6.07, 6.45) is 5.64. The summed E-state index contributed by atoms with van der Waals surface area (Å²) in [5, 5.41) is 0. The van der Waals surface area contributed by atoms with Gasteiger partial charge in [0.05, 0.1) is 28.7 Å². The van der Waals surface area contributed by atoms with Crippen molar-refractivity contribution < 1.29 is 31.1 Å². The third-order valence-electron chi connectivity index (χ3n) is 8.61. The van der Waals surface area contributed by atoms with Crippen LogP contribution in [0.3, 0.4) is 0 Å². The third-order valence-corrected chi connectivity index (χ3v) is 10.5. The summed E-state index contributed by atoms with van der Waals surface area (Å²) >= 11 is 0. The van der Waals surface area contributed by atoms with Crippen LogP contribution < -0.4 is 10.3 Å². The van der Waals surface area contributed by atoms with E-state index in [4.69, 9.17) is 4.74 Å². The highest BCUT2D eigenvalue weighted by Gasteiger charge is 2.32. The number of hydrogen-bond donors (Lipinski definition) is 0. The number of carbonyl (C=O) groups excluding carboxylic acids is 1. The second-order valence-electron chi connectivity index (χ2n) is 12.1. The fourth-order valence-electron chi connectivity index (χ4n) is 5.91. The number of hydrogen-bond acceptors (Lipinski definition) is 5. The predicted octanol–water partition coefficient (Wildman–Crippen LogP) is 8.67. The molecular weight excluding hydrogens is 629 g/mol. The lowest BCUT2D eigenvalue weighted by molar-refractivity contribution is -0.137. The molecule has 0 radical (unpaired) electrons. The summed E-state index contributed by atoms with van der Waals surface area (Å²) in [6.45, 7) is 5.26. The van der Waals surface area contributed by atoms with Crippen molar-refractivity contribution in [1.29, 1.82) is 0 Å². The zero-order chi connectivity index (χ0) is 34.0. The number of benzene rings is 2. The Morgan fingerprint density at radius 2 is 1.55 bits per heavy atom. The molecule has 1 unspecified atom stereocenters. The number of unbranched alkanes of at least 4 members (excludes halogenated alkanes) is 6. The monoisotopic (exact) mass is 674 g/mol. The molecule has 2 heterocycles. The molecule has 0 amide bonds. The second-order valence-corrected chi connectivity index (χ2v) is 14.1. The summed E-state index contributed by atoms with van der Waals surface area (Å²) in [4.78, 5) is 27.6. The number of ether oxygens (including phenoxy) is 1. The van der Waals surface area contributed by atoms with Crippen LogP contribution in [0.1, 0.15) is 106 Å². The van der Waals surface area contributed by atoms with Gasteiger partial charge in [-0.3, -0.25) is 9.59 Å². The molecule has 47 heavy (non-hydrogen) atoms. The molecule has 0 bridgehead atoms. The summed E-state index contributed by atoms with van der Waals surface area (Å²) in [7, 11) is -3.85. The van der Waals surface area contributed by atoms with E-state index in [0.717, 1.165) is 69.9 Å². The third kappa shape index (κ3) is 9.34. The number of Topliss-reactive ketones (excluding diaryl/α,β-unsaturated/α-hetero) is 1. The van der Waals surface area contributed by atoms with Crippen molar-refractivity contribution in [1.82, 2.24) is 8.87 Å². The number of carbonyl (C=O) groups is 1. The van der Waals surface area contributed by atoms with Crippen LogP contribution in [0, 0.1) is 0 Å². The molecule has 2 aromatic carbocycles. The summed E-state index contributed by atoms with van der Waals surface area (Å²) < 4.78 is 76.0. The summed E-state index contributed by atoms with van der Waals surface area (Å²) in [6, 6.07) is 11.1. The molecule has 4 rings (SSSR count). The topological polar surface area (TPSA) is 85.7 Å². The molecule has 1 fully saturated rings. The number of ketones is 1. The summed E-state index contributed by atoms with van der Waals surface area (Å²) in [5.41, 5.74) is -0.320. The number of pyridine rings is 1. The molecule has 1 aromatic heterocycles. The molecule has 1 saturated heterocycles. The van der Waals surface area contributed by atoms with Crippen LogP contribution in [-0.2, 0) is 16.2 Å². The predicted molar refractivity (Wildman–Crippen MR) is 177 cm³/mol. The maximum atomic E-state index is 14.4. The van der Waals surface area contributed by atoms with E-state index in [2.05, 4.69) is 13.8 Å². The van der Waals surface area contributed by atoms with Gasteiger partial charge in [0.2, 0.25) is 10.0 Å². The molecule has 1 aliphatic rings. The average molecular weight is 675 g/mol. The first-order chi connectivity index (χ1) is 22.5. The van der Waals surface area contributed by atoms with Gasteiger partial charge in [-0.15, -0.1) is 0 Å².